The first-order chi connectivity index (χ1) is 13.9. The van der Waals surface area contributed by atoms with Gasteiger partial charge in [0.1, 0.15) is 11.5 Å². The maximum atomic E-state index is 12.3. The second-order valence-corrected chi connectivity index (χ2v) is 8.82. The largest absolute Gasteiger partial charge is 0.457 e. The van der Waals surface area contributed by atoms with Gasteiger partial charge >= 0.3 is 0 Å². The SMILES string of the molecule is Cc1ccc(-c2ccc(/C=C3\SC(=Nc4ccc(C)c(C)c4)NC3=O)o2)c(Br)c1. The highest BCUT2D eigenvalue weighted by Gasteiger charge is 2.24. The number of carbonyl (C=O) groups excluding carboxylic acids is 1. The van der Waals surface area contributed by atoms with Crippen LogP contribution in [0.5, 0.6) is 0 Å². The number of amidine groups is 1. The zero-order valence-corrected chi connectivity index (χ0v) is 18.6. The Morgan fingerprint density at radius 3 is 2.62 bits per heavy atom. The van der Waals surface area contributed by atoms with Crippen LogP contribution in [0.15, 0.2) is 67.3 Å². The number of nitrogens with zero attached hydrogens (tertiary/aromatic N) is 1. The van der Waals surface area contributed by atoms with Crippen LogP contribution in [0.2, 0.25) is 0 Å². The first kappa shape index (κ1) is 19.7. The van der Waals surface area contributed by atoms with Gasteiger partial charge in [0.2, 0.25) is 0 Å². The van der Waals surface area contributed by atoms with Crippen LogP contribution < -0.4 is 5.32 Å². The van der Waals surface area contributed by atoms with Crippen LogP contribution in [0, 0.1) is 20.8 Å². The van der Waals surface area contributed by atoms with E-state index in [1.54, 1.807) is 6.08 Å². The van der Waals surface area contributed by atoms with E-state index in [1.165, 1.54) is 28.5 Å². The molecule has 1 aliphatic rings. The van der Waals surface area contributed by atoms with Gasteiger partial charge in [-0.05, 0) is 85.6 Å². The number of halogens is 1. The van der Waals surface area contributed by atoms with E-state index in [0.717, 1.165) is 21.5 Å². The molecule has 0 bridgehead atoms. The van der Waals surface area contributed by atoms with Crippen molar-refractivity contribution in [1.82, 2.24) is 5.32 Å². The van der Waals surface area contributed by atoms with Crippen molar-refractivity contribution in [2.75, 3.05) is 0 Å². The average molecular weight is 467 g/mol. The van der Waals surface area contributed by atoms with Crippen LogP contribution in [0.3, 0.4) is 0 Å². The lowest BCUT2D eigenvalue weighted by Crippen LogP contribution is -2.19. The summed E-state index contributed by atoms with van der Waals surface area (Å²) in [5.74, 6) is 1.20. The minimum absolute atomic E-state index is 0.174. The third kappa shape index (κ3) is 4.38. The summed E-state index contributed by atoms with van der Waals surface area (Å²) in [6.07, 6.45) is 1.74. The average Bonchev–Trinajstić information content (AvgIpc) is 3.25. The van der Waals surface area contributed by atoms with Crippen LogP contribution in [0.1, 0.15) is 22.5 Å². The Morgan fingerprint density at radius 2 is 1.86 bits per heavy atom. The maximum absolute atomic E-state index is 12.3. The van der Waals surface area contributed by atoms with Crippen molar-refractivity contribution >= 4 is 50.5 Å². The molecule has 1 aliphatic heterocycles. The fourth-order valence-electron chi connectivity index (χ4n) is 2.92. The first-order valence-corrected chi connectivity index (χ1v) is 10.7. The molecule has 0 radical (unpaired) electrons. The smallest absolute Gasteiger partial charge is 0.264 e. The number of hydrogen-bond acceptors (Lipinski definition) is 4. The molecule has 3 aromatic rings. The number of benzene rings is 2. The van der Waals surface area contributed by atoms with Gasteiger partial charge in [-0.1, -0.05) is 28.1 Å². The molecule has 4 rings (SSSR count). The lowest BCUT2D eigenvalue weighted by molar-refractivity contribution is -0.115. The molecule has 1 fully saturated rings. The molecule has 0 spiro atoms. The zero-order chi connectivity index (χ0) is 20.5. The van der Waals surface area contributed by atoms with E-state index in [-0.39, 0.29) is 5.91 Å². The molecule has 0 unspecified atom stereocenters. The van der Waals surface area contributed by atoms with Gasteiger partial charge in [0.15, 0.2) is 5.17 Å². The van der Waals surface area contributed by atoms with E-state index in [1.807, 2.05) is 62.4 Å². The number of thioether (sulfide) groups is 1. The minimum atomic E-state index is -0.174. The fourth-order valence-corrected chi connectivity index (χ4v) is 4.43. The number of rotatable bonds is 3. The molecule has 6 heteroatoms. The second-order valence-electron chi connectivity index (χ2n) is 6.94. The van der Waals surface area contributed by atoms with Gasteiger partial charge in [-0.2, -0.15) is 0 Å². The van der Waals surface area contributed by atoms with E-state index < -0.39 is 0 Å². The number of aliphatic imine (C=N–C) groups is 1. The summed E-state index contributed by atoms with van der Waals surface area (Å²) in [4.78, 5) is 17.4. The predicted molar refractivity (Wildman–Crippen MR) is 123 cm³/mol. The molecule has 2 heterocycles. The zero-order valence-electron chi connectivity index (χ0n) is 16.2. The van der Waals surface area contributed by atoms with E-state index in [9.17, 15) is 4.79 Å². The van der Waals surface area contributed by atoms with E-state index >= 15 is 0 Å². The van der Waals surface area contributed by atoms with Gasteiger partial charge in [0.05, 0.1) is 10.6 Å². The fraction of sp³-hybridized carbons (Fsp3) is 0.130. The molecule has 1 N–H and O–H groups in total. The standard InChI is InChI=1S/C23H19BrN2O2S/c1-13-4-8-18(19(24)10-13)20-9-7-17(28-20)12-21-22(27)26-23(29-21)25-16-6-5-14(2)15(3)11-16/h4-12H,1-3H3,(H,25,26,27)/b21-12-. The Kier molecular flexibility index (Phi) is 5.48. The molecule has 1 amide bonds. The summed E-state index contributed by atoms with van der Waals surface area (Å²) in [6, 6.07) is 15.9. The normalized spacial score (nSPS) is 16.6. The number of nitrogens with one attached hydrogen (secondary N) is 1. The number of aryl methyl sites for hydroxylation is 3. The van der Waals surface area contributed by atoms with Crippen molar-refractivity contribution in [3.63, 3.8) is 0 Å². The molecule has 0 aliphatic carbocycles. The molecule has 146 valence electrons. The number of carbonyl (C=O) groups is 1. The van der Waals surface area contributed by atoms with Crippen LogP contribution >= 0.6 is 27.7 Å². The van der Waals surface area contributed by atoms with Crippen molar-refractivity contribution in [2.24, 2.45) is 4.99 Å². The van der Waals surface area contributed by atoms with Gasteiger partial charge in [0.25, 0.3) is 5.91 Å². The Labute approximate surface area is 182 Å². The summed E-state index contributed by atoms with van der Waals surface area (Å²) in [7, 11) is 0. The first-order valence-electron chi connectivity index (χ1n) is 9.12. The van der Waals surface area contributed by atoms with Crippen molar-refractivity contribution in [1.29, 1.82) is 0 Å². The molecule has 29 heavy (non-hydrogen) atoms. The van der Waals surface area contributed by atoms with Crippen molar-refractivity contribution in [3.8, 4) is 11.3 Å². The highest BCUT2D eigenvalue weighted by atomic mass is 79.9. The Morgan fingerprint density at radius 1 is 1.03 bits per heavy atom. The molecule has 1 saturated heterocycles. The molecule has 4 nitrogen and oxygen atoms in total. The topological polar surface area (TPSA) is 54.6 Å². The molecular weight excluding hydrogens is 448 g/mol. The quantitative estimate of drug-likeness (QED) is 0.446. The van der Waals surface area contributed by atoms with Crippen molar-refractivity contribution in [3.05, 3.63) is 80.4 Å². The third-order valence-corrected chi connectivity index (χ3v) is 6.23. The number of furan rings is 1. The number of amides is 1. The summed E-state index contributed by atoms with van der Waals surface area (Å²) in [6.45, 7) is 6.15. The third-order valence-electron chi connectivity index (χ3n) is 4.66. The van der Waals surface area contributed by atoms with Crippen molar-refractivity contribution < 1.29 is 9.21 Å². The Bertz CT molecular complexity index is 1180. The van der Waals surface area contributed by atoms with E-state index in [2.05, 4.69) is 33.2 Å². The van der Waals surface area contributed by atoms with E-state index in [0.29, 0.717) is 15.8 Å². The Balaban J connectivity index is 1.56. The second kappa shape index (κ2) is 8.05. The number of hydrogen-bond donors (Lipinski definition) is 1. The van der Waals surface area contributed by atoms with Gasteiger partial charge in [-0.15, -0.1) is 0 Å². The van der Waals surface area contributed by atoms with Crippen LogP contribution in [-0.4, -0.2) is 11.1 Å². The summed E-state index contributed by atoms with van der Waals surface area (Å²) in [5.41, 5.74) is 5.35. The van der Waals surface area contributed by atoms with Gasteiger partial charge in [-0.25, -0.2) is 4.99 Å². The lowest BCUT2D eigenvalue weighted by atomic mass is 10.1. The summed E-state index contributed by atoms with van der Waals surface area (Å²) < 4.78 is 6.92. The van der Waals surface area contributed by atoms with Crippen LogP contribution in [-0.2, 0) is 4.79 Å². The molecule has 0 saturated carbocycles. The molecule has 0 atom stereocenters. The lowest BCUT2D eigenvalue weighted by Gasteiger charge is -2.02. The highest BCUT2D eigenvalue weighted by Crippen LogP contribution is 2.33. The molecular formula is C23H19BrN2O2S. The minimum Gasteiger partial charge on any atom is -0.457 e. The van der Waals surface area contributed by atoms with E-state index in [4.69, 9.17) is 4.42 Å². The van der Waals surface area contributed by atoms with Crippen molar-refractivity contribution in [2.45, 2.75) is 20.8 Å². The van der Waals surface area contributed by atoms with Gasteiger partial charge in [0, 0.05) is 16.1 Å². The maximum Gasteiger partial charge on any atom is 0.264 e. The Hall–Kier alpha value is -2.57. The van der Waals surface area contributed by atoms with Gasteiger partial charge < -0.3 is 9.73 Å². The van der Waals surface area contributed by atoms with Crippen LogP contribution in [0.4, 0.5) is 5.69 Å². The molecule has 1 aromatic heterocycles. The van der Waals surface area contributed by atoms with Gasteiger partial charge in [-0.3, -0.25) is 4.79 Å². The monoisotopic (exact) mass is 466 g/mol. The predicted octanol–water partition coefficient (Wildman–Crippen LogP) is 6.53. The van der Waals surface area contributed by atoms with Crippen LogP contribution in [0.25, 0.3) is 17.4 Å². The summed E-state index contributed by atoms with van der Waals surface area (Å²) in [5, 5.41) is 3.38. The summed E-state index contributed by atoms with van der Waals surface area (Å²) >= 11 is 4.89. The molecule has 2 aromatic carbocycles. The highest BCUT2D eigenvalue weighted by molar-refractivity contribution is 9.10.